The average molecular weight is 341 g/mol. The first-order valence-electron chi connectivity index (χ1n) is 7.92. The topological polar surface area (TPSA) is 60.2 Å². The van der Waals surface area contributed by atoms with Crippen molar-refractivity contribution in [3.8, 4) is 6.07 Å². The molecule has 124 valence electrons. The van der Waals surface area contributed by atoms with Gasteiger partial charge in [0.05, 0.1) is 24.2 Å². The van der Waals surface area contributed by atoms with Gasteiger partial charge in [0, 0.05) is 11.6 Å². The van der Waals surface area contributed by atoms with Crippen LogP contribution < -0.4 is 10.6 Å². The van der Waals surface area contributed by atoms with E-state index in [2.05, 4.69) is 28.6 Å². The third-order valence-corrected chi connectivity index (χ3v) is 3.92. The number of hydrogen-bond acceptors (Lipinski definition) is 2. The molecule has 0 aliphatic heterocycles. The number of aliphatic imine (C=N–C) groups is 1. The summed E-state index contributed by atoms with van der Waals surface area (Å²) in [5.74, 6) is 0.731. The molecule has 0 amide bonds. The van der Waals surface area contributed by atoms with Crippen molar-refractivity contribution in [2.24, 2.45) is 4.99 Å². The fourth-order valence-corrected chi connectivity index (χ4v) is 2.58. The van der Waals surface area contributed by atoms with Crippen molar-refractivity contribution in [3.05, 3.63) is 70.2 Å². The van der Waals surface area contributed by atoms with E-state index in [1.165, 1.54) is 0 Å². The fourth-order valence-electron chi connectivity index (χ4n) is 2.28. The standard InChI is InChI=1S/C19H21ClN4/c1-3-22-19(23-13-16-10-8-15(12-21)9-11-16)24-14(2)17-6-4-5-7-18(17)20/h4-11,14H,3,13H2,1-2H3,(H2,22,23,24). The first-order chi connectivity index (χ1) is 11.6. The van der Waals surface area contributed by atoms with Gasteiger partial charge in [-0.2, -0.15) is 5.26 Å². The van der Waals surface area contributed by atoms with Crippen molar-refractivity contribution in [3.63, 3.8) is 0 Å². The molecule has 0 aliphatic rings. The molecule has 0 aromatic heterocycles. The molecule has 2 rings (SSSR count). The Hall–Kier alpha value is -2.51. The minimum absolute atomic E-state index is 0.0393. The first kappa shape index (κ1) is 17.8. The Morgan fingerprint density at radius 3 is 2.54 bits per heavy atom. The van der Waals surface area contributed by atoms with Crippen LogP contribution in [0.1, 0.15) is 36.6 Å². The molecule has 0 saturated heterocycles. The lowest BCUT2D eigenvalue weighted by molar-refractivity contribution is 0.686. The maximum absolute atomic E-state index is 8.84. The van der Waals surface area contributed by atoms with E-state index in [1.54, 1.807) is 12.1 Å². The van der Waals surface area contributed by atoms with Crippen LogP contribution in [0.4, 0.5) is 0 Å². The van der Waals surface area contributed by atoms with Gasteiger partial charge in [0.25, 0.3) is 0 Å². The summed E-state index contributed by atoms with van der Waals surface area (Å²) < 4.78 is 0. The van der Waals surface area contributed by atoms with Gasteiger partial charge in [-0.3, -0.25) is 0 Å². The zero-order valence-corrected chi connectivity index (χ0v) is 14.6. The highest BCUT2D eigenvalue weighted by Crippen LogP contribution is 2.21. The summed E-state index contributed by atoms with van der Waals surface area (Å²) in [4.78, 5) is 4.60. The fraction of sp³-hybridized carbons (Fsp3) is 0.263. The van der Waals surface area contributed by atoms with Crippen molar-refractivity contribution in [1.29, 1.82) is 5.26 Å². The normalized spacial score (nSPS) is 12.3. The van der Waals surface area contributed by atoms with E-state index in [4.69, 9.17) is 16.9 Å². The number of hydrogen-bond donors (Lipinski definition) is 2. The summed E-state index contributed by atoms with van der Waals surface area (Å²) in [5, 5.41) is 16.2. The second kappa shape index (κ2) is 8.95. The Morgan fingerprint density at radius 1 is 1.21 bits per heavy atom. The summed E-state index contributed by atoms with van der Waals surface area (Å²) in [7, 11) is 0. The minimum atomic E-state index is 0.0393. The Kier molecular flexibility index (Phi) is 6.65. The zero-order chi connectivity index (χ0) is 17.4. The molecular formula is C19H21ClN4. The first-order valence-corrected chi connectivity index (χ1v) is 8.30. The van der Waals surface area contributed by atoms with E-state index in [1.807, 2.05) is 43.3 Å². The highest BCUT2D eigenvalue weighted by molar-refractivity contribution is 6.31. The van der Waals surface area contributed by atoms with Crippen LogP contribution in [-0.2, 0) is 6.54 Å². The molecule has 0 spiro atoms. The second-order valence-corrected chi connectivity index (χ2v) is 5.80. The molecular weight excluding hydrogens is 320 g/mol. The van der Waals surface area contributed by atoms with Crippen molar-refractivity contribution in [2.45, 2.75) is 26.4 Å². The summed E-state index contributed by atoms with van der Waals surface area (Å²) in [6.45, 7) is 5.39. The molecule has 0 radical (unpaired) electrons. The Labute approximate surface area is 148 Å². The monoisotopic (exact) mass is 340 g/mol. The number of nitrogens with one attached hydrogen (secondary N) is 2. The van der Waals surface area contributed by atoms with Gasteiger partial charge in [-0.1, -0.05) is 41.9 Å². The van der Waals surface area contributed by atoms with Crippen LogP contribution in [0, 0.1) is 11.3 Å². The number of benzene rings is 2. The Balaban J connectivity index is 2.07. The molecule has 0 saturated carbocycles. The maximum atomic E-state index is 8.84. The van der Waals surface area contributed by atoms with Gasteiger partial charge in [-0.15, -0.1) is 0 Å². The van der Waals surface area contributed by atoms with Gasteiger partial charge in [-0.25, -0.2) is 4.99 Å². The van der Waals surface area contributed by atoms with Gasteiger partial charge in [-0.05, 0) is 43.2 Å². The molecule has 5 heteroatoms. The van der Waals surface area contributed by atoms with Crippen molar-refractivity contribution in [1.82, 2.24) is 10.6 Å². The van der Waals surface area contributed by atoms with Crippen LogP contribution in [0.3, 0.4) is 0 Å². The molecule has 0 bridgehead atoms. The largest absolute Gasteiger partial charge is 0.357 e. The van der Waals surface area contributed by atoms with Gasteiger partial charge in [0.1, 0.15) is 0 Å². The summed E-state index contributed by atoms with van der Waals surface area (Å²) in [5.41, 5.74) is 2.74. The predicted octanol–water partition coefficient (Wildman–Crippen LogP) is 4.03. The van der Waals surface area contributed by atoms with Crippen LogP contribution in [0.25, 0.3) is 0 Å². The van der Waals surface area contributed by atoms with Crippen LogP contribution in [0.15, 0.2) is 53.5 Å². The lowest BCUT2D eigenvalue weighted by Crippen LogP contribution is -2.38. The molecule has 1 atom stereocenters. The van der Waals surface area contributed by atoms with Crippen LogP contribution >= 0.6 is 11.6 Å². The van der Waals surface area contributed by atoms with E-state index in [-0.39, 0.29) is 6.04 Å². The van der Waals surface area contributed by atoms with E-state index in [0.29, 0.717) is 12.1 Å². The summed E-state index contributed by atoms with van der Waals surface area (Å²) in [6, 6.07) is 17.4. The van der Waals surface area contributed by atoms with Gasteiger partial charge < -0.3 is 10.6 Å². The lowest BCUT2D eigenvalue weighted by Gasteiger charge is -2.19. The number of rotatable bonds is 5. The van der Waals surface area contributed by atoms with E-state index >= 15 is 0 Å². The van der Waals surface area contributed by atoms with Crippen molar-refractivity contribution >= 4 is 17.6 Å². The summed E-state index contributed by atoms with van der Waals surface area (Å²) in [6.07, 6.45) is 0. The Morgan fingerprint density at radius 2 is 1.92 bits per heavy atom. The number of nitrogens with zero attached hydrogens (tertiary/aromatic N) is 2. The number of guanidine groups is 1. The Bertz CT molecular complexity index is 732. The molecule has 24 heavy (non-hydrogen) atoms. The van der Waals surface area contributed by atoms with Crippen molar-refractivity contribution < 1.29 is 0 Å². The van der Waals surface area contributed by atoms with Gasteiger partial charge >= 0.3 is 0 Å². The molecule has 0 heterocycles. The highest BCUT2D eigenvalue weighted by atomic mass is 35.5. The quantitative estimate of drug-likeness (QED) is 0.638. The van der Waals surface area contributed by atoms with Crippen molar-refractivity contribution in [2.75, 3.05) is 6.54 Å². The van der Waals surface area contributed by atoms with Crippen LogP contribution in [0.2, 0.25) is 5.02 Å². The maximum Gasteiger partial charge on any atom is 0.192 e. The van der Waals surface area contributed by atoms with E-state index in [9.17, 15) is 0 Å². The highest BCUT2D eigenvalue weighted by Gasteiger charge is 2.10. The molecule has 2 aromatic rings. The van der Waals surface area contributed by atoms with Gasteiger partial charge in [0.2, 0.25) is 0 Å². The predicted molar refractivity (Wildman–Crippen MR) is 99.0 cm³/mol. The zero-order valence-electron chi connectivity index (χ0n) is 13.9. The molecule has 1 unspecified atom stereocenters. The molecule has 0 aliphatic carbocycles. The lowest BCUT2D eigenvalue weighted by atomic mass is 10.1. The SMILES string of the molecule is CCNC(=NCc1ccc(C#N)cc1)NC(C)c1ccccc1Cl. The molecule has 4 nitrogen and oxygen atoms in total. The molecule has 0 fully saturated rings. The summed E-state index contributed by atoms with van der Waals surface area (Å²) >= 11 is 6.25. The number of nitriles is 1. The molecule has 2 N–H and O–H groups in total. The van der Waals surface area contributed by atoms with Crippen LogP contribution in [-0.4, -0.2) is 12.5 Å². The third kappa shape index (κ3) is 5.00. The second-order valence-electron chi connectivity index (χ2n) is 5.39. The van der Waals surface area contributed by atoms with Gasteiger partial charge in [0.15, 0.2) is 5.96 Å². The average Bonchev–Trinajstić information content (AvgIpc) is 2.60. The van der Waals surface area contributed by atoms with Crippen LogP contribution in [0.5, 0.6) is 0 Å². The van der Waals surface area contributed by atoms with E-state index < -0.39 is 0 Å². The van der Waals surface area contributed by atoms with E-state index in [0.717, 1.165) is 28.7 Å². The number of halogens is 1. The minimum Gasteiger partial charge on any atom is -0.357 e. The third-order valence-electron chi connectivity index (χ3n) is 3.57. The molecule has 2 aromatic carbocycles. The smallest absolute Gasteiger partial charge is 0.192 e.